The van der Waals surface area contributed by atoms with Crippen LogP contribution in [0.2, 0.25) is 0 Å². The summed E-state index contributed by atoms with van der Waals surface area (Å²) in [6.07, 6.45) is 25.1. The topological polar surface area (TPSA) is 9.86 Å². The van der Waals surface area contributed by atoms with E-state index < -0.39 is 0 Å². The Morgan fingerprint density at radius 3 is 1.73 bits per heavy atom. The number of allylic oxidation sites excluding steroid dienone is 12. The highest BCUT2D eigenvalue weighted by Gasteiger charge is 2.20. The fraction of sp³-hybridized carbons (Fsp3) is 0.111. The maximum Gasteiger partial charge on any atom is 0.0541 e. The maximum atomic E-state index is 2.50. The van der Waals surface area contributed by atoms with Gasteiger partial charge in [0.1, 0.15) is 0 Å². The summed E-state index contributed by atoms with van der Waals surface area (Å²) in [7, 11) is 0. The van der Waals surface area contributed by atoms with E-state index in [9.17, 15) is 0 Å². The third-order valence-electron chi connectivity index (χ3n) is 12.1. The van der Waals surface area contributed by atoms with Crippen molar-refractivity contribution in [2.75, 3.05) is 0 Å². The second-order valence-corrected chi connectivity index (χ2v) is 15.5. The molecule has 0 saturated heterocycles. The highest BCUT2D eigenvalue weighted by molar-refractivity contribution is 6.13. The van der Waals surface area contributed by atoms with Gasteiger partial charge in [-0.05, 0) is 144 Å². The summed E-state index contributed by atoms with van der Waals surface area (Å²) in [6, 6.07) is 49.8. The summed E-state index contributed by atoms with van der Waals surface area (Å²) >= 11 is 0. The molecule has 2 aromatic heterocycles. The molecule has 2 nitrogen and oxygen atoms in total. The molecule has 2 heterocycles. The Kier molecular flexibility index (Phi) is 7.95. The van der Waals surface area contributed by atoms with Crippen molar-refractivity contribution in [3.8, 4) is 27.9 Å². The molecule has 0 saturated carbocycles. The van der Waals surface area contributed by atoms with Crippen LogP contribution in [-0.4, -0.2) is 9.13 Å². The number of fused-ring (bicyclic) bond motifs is 6. The van der Waals surface area contributed by atoms with Gasteiger partial charge in [0.2, 0.25) is 0 Å². The largest absolute Gasteiger partial charge is 0.313 e. The molecule has 3 aliphatic rings. The van der Waals surface area contributed by atoms with Gasteiger partial charge in [-0.1, -0.05) is 121 Å². The summed E-state index contributed by atoms with van der Waals surface area (Å²) in [5.41, 5.74) is 18.0. The van der Waals surface area contributed by atoms with E-state index in [-0.39, 0.29) is 0 Å². The summed E-state index contributed by atoms with van der Waals surface area (Å²) in [6.45, 7) is 0. The quantitative estimate of drug-likeness (QED) is 0.162. The van der Waals surface area contributed by atoms with Crippen LogP contribution in [0, 0.1) is 0 Å². The second kappa shape index (κ2) is 13.6. The molecule has 3 aliphatic carbocycles. The molecule has 8 aromatic rings. The summed E-state index contributed by atoms with van der Waals surface area (Å²) in [5.74, 6) is 0. The third-order valence-corrected chi connectivity index (χ3v) is 12.1. The van der Waals surface area contributed by atoms with Crippen molar-refractivity contribution in [3.05, 3.63) is 199 Å². The van der Waals surface area contributed by atoms with Crippen LogP contribution in [-0.2, 0) is 0 Å². The number of benzene rings is 6. The van der Waals surface area contributed by atoms with Crippen LogP contribution in [0.5, 0.6) is 0 Å². The van der Waals surface area contributed by atoms with E-state index in [1.165, 1.54) is 99.5 Å². The van der Waals surface area contributed by atoms with Crippen molar-refractivity contribution in [1.29, 1.82) is 0 Å². The molecule has 6 aromatic carbocycles. The van der Waals surface area contributed by atoms with E-state index in [0.717, 1.165) is 38.5 Å². The van der Waals surface area contributed by atoms with Crippen molar-refractivity contribution in [2.24, 2.45) is 0 Å². The predicted octanol–water partition coefficient (Wildman–Crippen LogP) is 14.8. The zero-order valence-electron chi connectivity index (χ0n) is 31.5. The Morgan fingerprint density at radius 1 is 0.393 bits per heavy atom. The van der Waals surface area contributed by atoms with Crippen LogP contribution in [0.15, 0.2) is 193 Å². The molecular weight excluding hydrogens is 677 g/mol. The first-order valence-electron chi connectivity index (χ1n) is 20.2. The van der Waals surface area contributed by atoms with E-state index in [4.69, 9.17) is 0 Å². The van der Waals surface area contributed by atoms with Crippen LogP contribution in [0.3, 0.4) is 0 Å². The van der Waals surface area contributed by atoms with Gasteiger partial charge in [0.25, 0.3) is 0 Å². The number of para-hydroxylation sites is 2. The number of aromatic nitrogens is 2. The summed E-state index contributed by atoms with van der Waals surface area (Å²) < 4.78 is 4.97. The van der Waals surface area contributed by atoms with Crippen molar-refractivity contribution in [2.45, 2.75) is 38.5 Å². The Bertz CT molecular complexity index is 3060. The van der Waals surface area contributed by atoms with E-state index in [0.29, 0.717) is 0 Å². The molecule has 0 atom stereocenters. The molecule has 0 aliphatic heterocycles. The molecular formula is C54H42N2. The standard InChI is InChI=1S/C54H42N2/c1-4-14-37(15-5-1)40-24-28-45(29-25-40)55-51-22-12-10-20-47(51)49-35-41(26-30-53(49)55)42-27-31-54-50(36-42)48-21-11-13-23-52(48)56(54)46-33-43(38-16-6-2-7-17-38)32-44(34-46)39-18-8-3-9-19-39/h1-2,4,6-8,10-14,16-24,26-28,30-36H,3,5,9,15,25,29H2. The van der Waals surface area contributed by atoms with Crippen LogP contribution in [0.4, 0.5) is 0 Å². The van der Waals surface area contributed by atoms with Crippen LogP contribution >= 0.6 is 0 Å². The van der Waals surface area contributed by atoms with Gasteiger partial charge >= 0.3 is 0 Å². The summed E-state index contributed by atoms with van der Waals surface area (Å²) in [4.78, 5) is 0. The molecule has 11 rings (SSSR count). The predicted molar refractivity (Wildman–Crippen MR) is 239 cm³/mol. The Labute approximate surface area is 328 Å². The number of nitrogens with zero attached hydrogens (tertiary/aromatic N) is 2. The molecule has 0 radical (unpaired) electrons. The fourth-order valence-electron chi connectivity index (χ4n) is 9.37. The van der Waals surface area contributed by atoms with Crippen molar-refractivity contribution in [1.82, 2.24) is 9.13 Å². The van der Waals surface area contributed by atoms with Crippen LogP contribution < -0.4 is 0 Å². The molecule has 2 heteroatoms. The Balaban J connectivity index is 1.04. The van der Waals surface area contributed by atoms with Gasteiger partial charge in [0, 0.05) is 32.9 Å². The van der Waals surface area contributed by atoms with E-state index in [1.54, 1.807) is 0 Å². The van der Waals surface area contributed by atoms with E-state index in [1.807, 2.05) is 0 Å². The first-order chi connectivity index (χ1) is 27.8. The zero-order valence-corrected chi connectivity index (χ0v) is 31.5. The Morgan fingerprint density at radius 2 is 1.05 bits per heavy atom. The number of hydrogen-bond acceptors (Lipinski definition) is 0. The van der Waals surface area contributed by atoms with Gasteiger partial charge in [-0.25, -0.2) is 0 Å². The van der Waals surface area contributed by atoms with Gasteiger partial charge < -0.3 is 9.13 Å². The minimum atomic E-state index is 1.03. The molecule has 0 spiro atoms. The smallest absolute Gasteiger partial charge is 0.0541 e. The lowest BCUT2D eigenvalue weighted by molar-refractivity contribution is 0.885. The minimum Gasteiger partial charge on any atom is -0.313 e. The SMILES string of the molecule is C1=CCCC(C2=CC=C(n3c4ccccc4c4cc(-c5ccc6c(c5)c5ccccc5n6-c5cc(C6=CCCC=C6)cc(-c6ccccc6)c5)ccc43)CC2)=C1. The van der Waals surface area contributed by atoms with Gasteiger partial charge in [-0.3, -0.25) is 0 Å². The van der Waals surface area contributed by atoms with Crippen molar-refractivity contribution in [3.63, 3.8) is 0 Å². The molecule has 268 valence electrons. The average molecular weight is 719 g/mol. The normalized spacial score (nSPS) is 15.7. The summed E-state index contributed by atoms with van der Waals surface area (Å²) in [5, 5.41) is 5.13. The monoisotopic (exact) mass is 718 g/mol. The average Bonchev–Trinajstić information content (AvgIpc) is 3.79. The fourth-order valence-corrected chi connectivity index (χ4v) is 9.37. The lowest BCUT2D eigenvalue weighted by Crippen LogP contribution is -2.03. The molecule has 0 unspecified atom stereocenters. The van der Waals surface area contributed by atoms with Gasteiger partial charge in [0.05, 0.1) is 22.1 Å². The minimum absolute atomic E-state index is 1.03. The lowest BCUT2D eigenvalue weighted by Gasteiger charge is -2.20. The molecule has 0 N–H and O–H groups in total. The van der Waals surface area contributed by atoms with Crippen LogP contribution in [0.25, 0.3) is 82.8 Å². The molecule has 0 fully saturated rings. The first kappa shape index (κ1) is 32.8. The molecule has 56 heavy (non-hydrogen) atoms. The number of rotatable bonds is 6. The highest BCUT2D eigenvalue weighted by atomic mass is 15.0. The van der Waals surface area contributed by atoms with Crippen LogP contribution in [0.1, 0.15) is 44.1 Å². The third kappa shape index (κ3) is 5.56. The van der Waals surface area contributed by atoms with Gasteiger partial charge in [0.15, 0.2) is 0 Å². The Hall–Kier alpha value is -6.64. The number of hydrogen-bond donors (Lipinski definition) is 0. The lowest BCUT2D eigenvalue weighted by atomic mass is 9.90. The maximum absolute atomic E-state index is 2.50. The zero-order chi connectivity index (χ0) is 37.0. The second-order valence-electron chi connectivity index (χ2n) is 15.5. The van der Waals surface area contributed by atoms with E-state index >= 15 is 0 Å². The molecule has 0 bridgehead atoms. The van der Waals surface area contributed by atoms with Gasteiger partial charge in [-0.15, -0.1) is 0 Å². The van der Waals surface area contributed by atoms with Crippen molar-refractivity contribution < 1.29 is 0 Å². The first-order valence-corrected chi connectivity index (χ1v) is 20.2. The van der Waals surface area contributed by atoms with Gasteiger partial charge in [-0.2, -0.15) is 0 Å². The highest BCUT2D eigenvalue weighted by Crippen LogP contribution is 2.41. The molecule has 0 amide bonds. The van der Waals surface area contributed by atoms with E-state index in [2.05, 4.69) is 191 Å². The van der Waals surface area contributed by atoms with Crippen molar-refractivity contribution >= 4 is 54.9 Å².